The Morgan fingerprint density at radius 1 is 0.529 bits per heavy atom. The second kappa shape index (κ2) is 26.5. The molecule has 0 aromatic carbocycles. The molecule has 0 aromatic heterocycles. The predicted molar refractivity (Wildman–Crippen MR) is 144 cm³/mol. The zero-order chi connectivity index (χ0) is 25.1. The van der Waals surface area contributed by atoms with Crippen molar-refractivity contribution in [2.45, 2.75) is 180 Å². The Morgan fingerprint density at radius 3 is 1.38 bits per heavy atom. The first kappa shape index (κ1) is 32.9. The van der Waals surface area contributed by atoms with Crippen LogP contribution < -0.4 is 0 Å². The molecule has 202 valence electrons. The molecular formula is C30H58O4. The molecular weight excluding hydrogens is 424 g/mol. The molecule has 0 rings (SSSR count). The molecule has 0 fully saturated rings. The Bertz CT molecular complexity index is 449. The van der Waals surface area contributed by atoms with Gasteiger partial charge in [-0.05, 0) is 32.1 Å². The fourth-order valence-corrected chi connectivity index (χ4v) is 4.58. The lowest BCUT2D eigenvalue weighted by molar-refractivity contribution is -0.150. The van der Waals surface area contributed by atoms with Crippen molar-refractivity contribution in [2.75, 3.05) is 0 Å². The van der Waals surface area contributed by atoms with Gasteiger partial charge in [-0.3, -0.25) is 9.59 Å². The van der Waals surface area contributed by atoms with E-state index in [9.17, 15) is 9.59 Å². The van der Waals surface area contributed by atoms with Crippen molar-refractivity contribution in [1.82, 2.24) is 0 Å². The average Bonchev–Trinajstić information content (AvgIpc) is 2.81. The predicted octanol–water partition coefficient (Wildman–Crippen LogP) is 9.78. The van der Waals surface area contributed by atoms with Crippen molar-refractivity contribution in [2.24, 2.45) is 0 Å². The molecule has 0 spiro atoms. The van der Waals surface area contributed by atoms with E-state index in [0.29, 0.717) is 12.8 Å². The number of ether oxygens (including phenoxy) is 1. The van der Waals surface area contributed by atoms with Gasteiger partial charge >= 0.3 is 11.9 Å². The van der Waals surface area contributed by atoms with Gasteiger partial charge in [-0.1, -0.05) is 129 Å². The molecule has 4 heteroatoms. The van der Waals surface area contributed by atoms with Gasteiger partial charge in [0.25, 0.3) is 0 Å². The van der Waals surface area contributed by atoms with Gasteiger partial charge in [0, 0.05) is 12.8 Å². The monoisotopic (exact) mass is 482 g/mol. The standard InChI is InChI=1S/C30H58O4/c1-3-5-7-8-9-10-11-12-13-14-15-16-17-18-19-23-27-30(33)34-28(24-6-4-2)25-21-20-22-26-29(31)32/h28H,3-27H2,1-2H3,(H,31,32). The highest BCUT2D eigenvalue weighted by molar-refractivity contribution is 5.69. The van der Waals surface area contributed by atoms with E-state index in [1.807, 2.05) is 0 Å². The molecule has 1 atom stereocenters. The summed E-state index contributed by atoms with van der Waals surface area (Å²) in [6, 6.07) is 0. The molecule has 1 N–H and O–H groups in total. The third kappa shape index (κ3) is 25.6. The van der Waals surface area contributed by atoms with Gasteiger partial charge < -0.3 is 9.84 Å². The zero-order valence-corrected chi connectivity index (χ0v) is 22.9. The van der Waals surface area contributed by atoms with Gasteiger partial charge in [-0.15, -0.1) is 0 Å². The van der Waals surface area contributed by atoms with Crippen molar-refractivity contribution in [3.05, 3.63) is 0 Å². The molecule has 0 aromatic rings. The van der Waals surface area contributed by atoms with E-state index in [2.05, 4.69) is 13.8 Å². The average molecular weight is 483 g/mol. The first-order valence-electron chi connectivity index (χ1n) is 15.0. The molecule has 0 aliphatic carbocycles. The zero-order valence-electron chi connectivity index (χ0n) is 22.9. The van der Waals surface area contributed by atoms with E-state index in [4.69, 9.17) is 9.84 Å². The Morgan fingerprint density at radius 2 is 0.912 bits per heavy atom. The van der Waals surface area contributed by atoms with Gasteiger partial charge in [0.2, 0.25) is 0 Å². The molecule has 0 bridgehead atoms. The van der Waals surface area contributed by atoms with Gasteiger partial charge in [-0.2, -0.15) is 0 Å². The third-order valence-electron chi connectivity index (χ3n) is 6.83. The summed E-state index contributed by atoms with van der Waals surface area (Å²) in [5.74, 6) is -0.773. The maximum absolute atomic E-state index is 12.2. The lowest BCUT2D eigenvalue weighted by atomic mass is 10.0. The number of carbonyl (C=O) groups excluding carboxylic acids is 1. The largest absolute Gasteiger partial charge is 0.481 e. The summed E-state index contributed by atoms with van der Waals surface area (Å²) < 4.78 is 5.75. The first-order chi connectivity index (χ1) is 16.6. The molecule has 0 radical (unpaired) electrons. The number of aliphatic carboxylic acids is 1. The minimum absolute atomic E-state index is 0.0123. The van der Waals surface area contributed by atoms with Crippen LogP contribution in [0.25, 0.3) is 0 Å². The Balaban J connectivity index is 3.55. The number of hydrogen-bond donors (Lipinski definition) is 1. The van der Waals surface area contributed by atoms with Crippen LogP contribution in [0.2, 0.25) is 0 Å². The van der Waals surface area contributed by atoms with Gasteiger partial charge in [0.1, 0.15) is 6.10 Å². The van der Waals surface area contributed by atoms with Crippen LogP contribution in [0.15, 0.2) is 0 Å². The summed E-state index contributed by atoms with van der Waals surface area (Å²) >= 11 is 0. The Hall–Kier alpha value is -1.06. The number of rotatable bonds is 27. The SMILES string of the molecule is CCCCCCCCCCCCCCCCCCC(=O)OC(CCCC)CCCCCC(=O)O. The molecule has 0 saturated heterocycles. The summed E-state index contributed by atoms with van der Waals surface area (Å²) in [4.78, 5) is 22.8. The summed E-state index contributed by atoms with van der Waals surface area (Å²) in [5, 5.41) is 8.72. The Labute approximate surface area is 212 Å². The van der Waals surface area contributed by atoms with E-state index in [-0.39, 0.29) is 18.5 Å². The van der Waals surface area contributed by atoms with Crippen LogP contribution in [0.1, 0.15) is 174 Å². The molecule has 0 aliphatic heterocycles. The van der Waals surface area contributed by atoms with Crippen LogP contribution in [0.4, 0.5) is 0 Å². The maximum Gasteiger partial charge on any atom is 0.306 e. The van der Waals surface area contributed by atoms with E-state index < -0.39 is 5.97 Å². The van der Waals surface area contributed by atoms with Crippen molar-refractivity contribution in [3.8, 4) is 0 Å². The van der Waals surface area contributed by atoms with Crippen molar-refractivity contribution >= 4 is 11.9 Å². The second-order valence-electron chi connectivity index (χ2n) is 10.3. The van der Waals surface area contributed by atoms with E-state index in [1.165, 1.54) is 89.9 Å². The molecule has 0 amide bonds. The minimum atomic E-state index is -0.729. The number of carboxylic acids is 1. The van der Waals surface area contributed by atoms with Crippen molar-refractivity contribution in [3.63, 3.8) is 0 Å². The molecule has 1 unspecified atom stereocenters. The topological polar surface area (TPSA) is 63.6 Å². The lowest BCUT2D eigenvalue weighted by Crippen LogP contribution is -2.18. The minimum Gasteiger partial charge on any atom is -0.481 e. The second-order valence-corrected chi connectivity index (χ2v) is 10.3. The van der Waals surface area contributed by atoms with Gasteiger partial charge in [-0.25, -0.2) is 0 Å². The summed E-state index contributed by atoms with van der Waals surface area (Å²) in [6.07, 6.45) is 28.7. The van der Waals surface area contributed by atoms with Gasteiger partial charge in [0.05, 0.1) is 0 Å². The lowest BCUT2D eigenvalue weighted by Gasteiger charge is -2.17. The molecule has 0 heterocycles. The van der Waals surface area contributed by atoms with Crippen LogP contribution >= 0.6 is 0 Å². The van der Waals surface area contributed by atoms with Crippen LogP contribution in [-0.2, 0) is 14.3 Å². The summed E-state index contributed by atoms with van der Waals surface area (Å²) in [7, 11) is 0. The Kier molecular flexibility index (Phi) is 25.7. The first-order valence-corrected chi connectivity index (χ1v) is 15.0. The number of esters is 1. The van der Waals surface area contributed by atoms with Crippen LogP contribution in [0.3, 0.4) is 0 Å². The summed E-state index contributed by atoms with van der Waals surface area (Å²) in [5.41, 5.74) is 0. The number of hydrogen-bond acceptors (Lipinski definition) is 3. The van der Waals surface area contributed by atoms with Crippen LogP contribution in [0.5, 0.6) is 0 Å². The highest BCUT2D eigenvalue weighted by atomic mass is 16.5. The van der Waals surface area contributed by atoms with Gasteiger partial charge in [0.15, 0.2) is 0 Å². The number of carboxylic acid groups (broad SMARTS) is 1. The molecule has 34 heavy (non-hydrogen) atoms. The van der Waals surface area contributed by atoms with Crippen molar-refractivity contribution in [1.29, 1.82) is 0 Å². The smallest absolute Gasteiger partial charge is 0.306 e. The quantitative estimate of drug-likeness (QED) is 0.0934. The fraction of sp³-hybridized carbons (Fsp3) is 0.933. The van der Waals surface area contributed by atoms with E-state index in [0.717, 1.165) is 51.4 Å². The normalized spacial score (nSPS) is 12.1. The summed E-state index contributed by atoms with van der Waals surface area (Å²) in [6.45, 7) is 4.43. The highest BCUT2D eigenvalue weighted by Crippen LogP contribution is 2.17. The van der Waals surface area contributed by atoms with Crippen LogP contribution in [-0.4, -0.2) is 23.1 Å². The molecule has 0 saturated carbocycles. The third-order valence-corrected chi connectivity index (χ3v) is 6.83. The number of carbonyl (C=O) groups is 2. The number of unbranched alkanes of at least 4 members (excludes halogenated alkanes) is 18. The fourth-order valence-electron chi connectivity index (χ4n) is 4.58. The van der Waals surface area contributed by atoms with Crippen LogP contribution in [0, 0.1) is 0 Å². The molecule has 4 nitrogen and oxygen atoms in total. The maximum atomic E-state index is 12.2. The molecule has 0 aliphatic rings. The highest BCUT2D eigenvalue weighted by Gasteiger charge is 2.14. The van der Waals surface area contributed by atoms with E-state index in [1.54, 1.807) is 0 Å². The van der Waals surface area contributed by atoms with Crippen molar-refractivity contribution < 1.29 is 19.4 Å². The van der Waals surface area contributed by atoms with E-state index >= 15 is 0 Å².